The highest BCUT2D eigenvalue weighted by atomic mass is 19.1. The van der Waals surface area contributed by atoms with Crippen molar-refractivity contribution >= 4 is 0 Å². The summed E-state index contributed by atoms with van der Waals surface area (Å²) in [5, 5.41) is 0. The fraction of sp³-hybridized carbons (Fsp3) is 0.333. The number of nitrogens with one attached hydrogen (secondary N) is 1. The quantitative estimate of drug-likeness (QED) is 0.869. The maximum atomic E-state index is 14.1. The summed E-state index contributed by atoms with van der Waals surface area (Å²) in [4.78, 5) is 18.5. The minimum absolute atomic E-state index is 0.0115. The van der Waals surface area contributed by atoms with E-state index in [9.17, 15) is 13.6 Å². The minimum atomic E-state index is -0.731. The number of halogens is 2. The molecule has 0 aliphatic carbocycles. The van der Waals surface area contributed by atoms with Crippen LogP contribution in [0.15, 0.2) is 23.0 Å². The van der Waals surface area contributed by atoms with Gasteiger partial charge >= 0.3 is 0 Å². The van der Waals surface area contributed by atoms with Crippen LogP contribution in [0.5, 0.6) is 0 Å². The van der Waals surface area contributed by atoms with Gasteiger partial charge in [0.15, 0.2) is 0 Å². The molecule has 0 aliphatic rings. The summed E-state index contributed by atoms with van der Waals surface area (Å²) in [6, 6.07) is 3.63. The fourth-order valence-corrected chi connectivity index (χ4v) is 1.83. The molecule has 1 aromatic carbocycles. The summed E-state index contributed by atoms with van der Waals surface area (Å²) in [6.07, 6.45) is 0. The van der Waals surface area contributed by atoms with E-state index in [4.69, 9.17) is 0 Å². The highest BCUT2D eigenvalue weighted by Crippen LogP contribution is 2.27. The summed E-state index contributed by atoms with van der Waals surface area (Å²) < 4.78 is 28.0. The van der Waals surface area contributed by atoms with Gasteiger partial charge in [-0.3, -0.25) is 4.79 Å². The van der Waals surface area contributed by atoms with E-state index in [1.165, 1.54) is 19.1 Å². The normalized spacial score (nSPS) is 11.7. The van der Waals surface area contributed by atoms with E-state index in [1.807, 2.05) is 20.8 Å². The average molecular weight is 278 g/mol. The van der Waals surface area contributed by atoms with E-state index in [2.05, 4.69) is 9.97 Å². The highest BCUT2D eigenvalue weighted by molar-refractivity contribution is 5.61. The predicted molar refractivity (Wildman–Crippen MR) is 73.6 cm³/mol. The Morgan fingerprint density at radius 1 is 1.20 bits per heavy atom. The van der Waals surface area contributed by atoms with Crippen molar-refractivity contribution in [2.24, 2.45) is 0 Å². The first-order chi connectivity index (χ1) is 9.20. The van der Waals surface area contributed by atoms with Gasteiger partial charge in [-0.05, 0) is 18.6 Å². The van der Waals surface area contributed by atoms with Gasteiger partial charge < -0.3 is 4.98 Å². The molecule has 5 heteroatoms. The first-order valence-corrected chi connectivity index (χ1v) is 6.27. The van der Waals surface area contributed by atoms with Crippen molar-refractivity contribution in [3.05, 3.63) is 51.6 Å². The van der Waals surface area contributed by atoms with E-state index >= 15 is 0 Å². The van der Waals surface area contributed by atoms with Crippen LogP contribution in [0.2, 0.25) is 0 Å². The van der Waals surface area contributed by atoms with E-state index < -0.39 is 22.6 Å². The Labute approximate surface area is 115 Å². The van der Waals surface area contributed by atoms with E-state index in [0.29, 0.717) is 11.4 Å². The average Bonchev–Trinajstić information content (AvgIpc) is 2.33. The molecule has 0 atom stereocenters. The summed E-state index contributed by atoms with van der Waals surface area (Å²) in [5.41, 5.74) is -0.800. The molecule has 0 saturated heterocycles. The molecular formula is C15H16F2N2O. The van der Waals surface area contributed by atoms with Gasteiger partial charge in [-0.15, -0.1) is 0 Å². The second-order valence-electron chi connectivity index (χ2n) is 5.78. The molecule has 1 heterocycles. The van der Waals surface area contributed by atoms with Crippen molar-refractivity contribution in [3.8, 4) is 11.3 Å². The Morgan fingerprint density at radius 2 is 1.85 bits per heavy atom. The second-order valence-corrected chi connectivity index (χ2v) is 5.78. The molecule has 2 rings (SSSR count). The van der Waals surface area contributed by atoms with E-state index in [1.54, 1.807) is 0 Å². The molecule has 106 valence electrons. The zero-order valence-electron chi connectivity index (χ0n) is 11.8. The van der Waals surface area contributed by atoms with Crippen molar-refractivity contribution in [3.63, 3.8) is 0 Å². The van der Waals surface area contributed by atoms with Crippen molar-refractivity contribution in [2.75, 3.05) is 0 Å². The molecule has 1 aromatic heterocycles. The molecular weight excluding hydrogens is 262 g/mol. The number of benzene rings is 1. The Bertz CT molecular complexity index is 715. The molecule has 0 saturated carbocycles. The number of hydrogen-bond donors (Lipinski definition) is 1. The second kappa shape index (κ2) is 4.81. The Morgan fingerprint density at radius 3 is 2.45 bits per heavy atom. The topological polar surface area (TPSA) is 45.8 Å². The van der Waals surface area contributed by atoms with Gasteiger partial charge in [0.05, 0.1) is 11.3 Å². The van der Waals surface area contributed by atoms with Crippen molar-refractivity contribution in [1.29, 1.82) is 0 Å². The SMILES string of the molecule is Cc1ccc(F)c(-c2cc(=O)[nH]c(C(C)(C)C)n2)c1F. The maximum Gasteiger partial charge on any atom is 0.251 e. The molecule has 2 aromatic rings. The number of H-pyrrole nitrogens is 1. The number of nitrogens with zero attached hydrogens (tertiary/aromatic N) is 1. The number of rotatable bonds is 1. The van der Waals surface area contributed by atoms with Gasteiger partial charge in [0.2, 0.25) is 0 Å². The predicted octanol–water partition coefficient (Wildman–Crippen LogP) is 3.32. The molecule has 0 radical (unpaired) electrons. The number of aromatic amines is 1. The van der Waals surface area contributed by atoms with Crippen LogP contribution in [0.4, 0.5) is 8.78 Å². The van der Waals surface area contributed by atoms with Crippen LogP contribution in [0, 0.1) is 18.6 Å². The van der Waals surface area contributed by atoms with Crippen LogP contribution in [0.25, 0.3) is 11.3 Å². The summed E-state index contributed by atoms with van der Waals surface area (Å²) in [7, 11) is 0. The van der Waals surface area contributed by atoms with Crippen molar-refractivity contribution < 1.29 is 8.78 Å². The summed E-state index contributed by atoms with van der Waals surface area (Å²) >= 11 is 0. The molecule has 0 aliphatic heterocycles. The smallest absolute Gasteiger partial charge is 0.251 e. The Balaban J connectivity index is 2.75. The van der Waals surface area contributed by atoms with Crippen LogP contribution >= 0.6 is 0 Å². The van der Waals surface area contributed by atoms with Crippen LogP contribution in [0.1, 0.15) is 32.2 Å². The van der Waals surface area contributed by atoms with Crippen molar-refractivity contribution in [1.82, 2.24) is 9.97 Å². The largest absolute Gasteiger partial charge is 0.310 e. The van der Waals surface area contributed by atoms with Crippen LogP contribution in [0.3, 0.4) is 0 Å². The third kappa shape index (κ3) is 2.61. The number of aryl methyl sites for hydroxylation is 1. The lowest BCUT2D eigenvalue weighted by Crippen LogP contribution is -2.22. The Hall–Kier alpha value is -2.04. The van der Waals surface area contributed by atoms with Crippen LogP contribution in [-0.2, 0) is 5.41 Å². The monoisotopic (exact) mass is 278 g/mol. The van der Waals surface area contributed by atoms with Gasteiger partial charge in [-0.1, -0.05) is 26.8 Å². The summed E-state index contributed by atoms with van der Waals surface area (Å²) in [5.74, 6) is -1.03. The fourth-order valence-electron chi connectivity index (χ4n) is 1.83. The molecule has 0 fully saturated rings. The third-order valence-electron chi connectivity index (χ3n) is 2.99. The van der Waals surface area contributed by atoms with E-state index in [0.717, 1.165) is 6.07 Å². The van der Waals surface area contributed by atoms with Gasteiger partial charge in [-0.25, -0.2) is 13.8 Å². The maximum absolute atomic E-state index is 14.1. The first kappa shape index (κ1) is 14.4. The van der Waals surface area contributed by atoms with Crippen molar-refractivity contribution in [2.45, 2.75) is 33.1 Å². The van der Waals surface area contributed by atoms with Gasteiger partial charge in [0, 0.05) is 11.5 Å². The van der Waals surface area contributed by atoms with Gasteiger partial charge in [0.1, 0.15) is 17.5 Å². The molecule has 20 heavy (non-hydrogen) atoms. The zero-order valence-corrected chi connectivity index (χ0v) is 11.8. The highest BCUT2D eigenvalue weighted by Gasteiger charge is 2.21. The third-order valence-corrected chi connectivity index (χ3v) is 2.99. The van der Waals surface area contributed by atoms with Crippen LogP contribution < -0.4 is 5.56 Å². The van der Waals surface area contributed by atoms with Gasteiger partial charge in [-0.2, -0.15) is 0 Å². The molecule has 1 N–H and O–H groups in total. The zero-order chi connectivity index (χ0) is 15.1. The van der Waals surface area contributed by atoms with Crippen LogP contribution in [-0.4, -0.2) is 9.97 Å². The molecule has 0 spiro atoms. The molecule has 0 bridgehead atoms. The van der Waals surface area contributed by atoms with E-state index in [-0.39, 0.29) is 11.3 Å². The lowest BCUT2D eigenvalue weighted by atomic mass is 9.95. The Kier molecular flexibility index (Phi) is 3.46. The van der Waals surface area contributed by atoms with Gasteiger partial charge in [0.25, 0.3) is 5.56 Å². The number of hydrogen-bond acceptors (Lipinski definition) is 2. The first-order valence-electron chi connectivity index (χ1n) is 6.27. The summed E-state index contributed by atoms with van der Waals surface area (Å²) in [6.45, 7) is 7.12. The molecule has 0 unspecified atom stereocenters. The minimum Gasteiger partial charge on any atom is -0.310 e. The lowest BCUT2D eigenvalue weighted by Gasteiger charge is -2.18. The standard InChI is InChI=1S/C15H16F2N2O/c1-8-5-6-9(16)12(13(8)17)10-7-11(20)19-14(18-10)15(2,3)4/h5-7H,1-4H3,(H,18,19,20). The lowest BCUT2D eigenvalue weighted by molar-refractivity contribution is 0.541. The molecule has 3 nitrogen and oxygen atoms in total. The number of aromatic nitrogens is 2. The molecule has 0 amide bonds.